The lowest BCUT2D eigenvalue weighted by molar-refractivity contribution is -0.136. The van der Waals surface area contributed by atoms with Crippen LogP contribution in [-0.2, 0) is 19.6 Å². The monoisotopic (exact) mass is 251 g/mol. The molecule has 0 aromatic heterocycles. The molecule has 1 N–H and O–H groups in total. The topological polar surface area (TPSA) is 83.9 Å². The fourth-order valence-electron chi connectivity index (χ4n) is 1.76. The molecule has 1 aliphatic rings. The van der Waals surface area contributed by atoms with Crippen LogP contribution in [0.2, 0.25) is 0 Å². The van der Waals surface area contributed by atoms with Crippen molar-refractivity contribution in [3.05, 3.63) is 0 Å². The molecule has 2 unspecified atom stereocenters. The summed E-state index contributed by atoms with van der Waals surface area (Å²) in [6.07, 6.45) is 0.156. The van der Waals surface area contributed by atoms with Crippen molar-refractivity contribution in [3.63, 3.8) is 0 Å². The Balaban J connectivity index is 2.64. The van der Waals surface area contributed by atoms with E-state index in [0.29, 0.717) is 13.0 Å². The number of ether oxygens (including phenoxy) is 1. The molecule has 6 nitrogen and oxygen atoms in total. The maximum Gasteiger partial charge on any atom is 0.304 e. The molecule has 1 saturated heterocycles. The van der Waals surface area contributed by atoms with Gasteiger partial charge in [-0.1, -0.05) is 0 Å². The average molecular weight is 251 g/mol. The van der Waals surface area contributed by atoms with E-state index < -0.39 is 16.0 Å². The number of carbonyl (C=O) groups is 1. The van der Waals surface area contributed by atoms with Crippen LogP contribution in [0.4, 0.5) is 0 Å². The van der Waals surface area contributed by atoms with Crippen molar-refractivity contribution in [1.29, 1.82) is 0 Å². The van der Waals surface area contributed by atoms with Gasteiger partial charge >= 0.3 is 5.97 Å². The molecule has 0 aromatic carbocycles. The fraction of sp³-hybridized carbons (Fsp3) is 0.889. The van der Waals surface area contributed by atoms with Crippen LogP contribution in [0.5, 0.6) is 0 Å². The summed E-state index contributed by atoms with van der Waals surface area (Å²) in [7, 11) is -2.02. The van der Waals surface area contributed by atoms with Crippen molar-refractivity contribution >= 4 is 16.0 Å². The first-order chi connectivity index (χ1) is 7.34. The zero-order valence-corrected chi connectivity index (χ0v) is 10.2. The molecule has 0 bridgehead atoms. The van der Waals surface area contributed by atoms with Gasteiger partial charge in [0.1, 0.15) is 0 Å². The van der Waals surface area contributed by atoms with Gasteiger partial charge in [0.2, 0.25) is 10.0 Å². The van der Waals surface area contributed by atoms with E-state index in [1.54, 1.807) is 0 Å². The number of likely N-dealkylation sites (N-methyl/N-ethyl adjacent to an activating group) is 1. The summed E-state index contributed by atoms with van der Waals surface area (Å²) in [5, 5.41) is 8.47. The smallest absolute Gasteiger partial charge is 0.304 e. The molecule has 1 fully saturated rings. The maximum absolute atomic E-state index is 11.8. The molecule has 0 aromatic rings. The van der Waals surface area contributed by atoms with Crippen molar-refractivity contribution in [1.82, 2.24) is 4.31 Å². The van der Waals surface area contributed by atoms with E-state index in [2.05, 4.69) is 0 Å². The number of rotatable bonds is 5. The van der Waals surface area contributed by atoms with Crippen LogP contribution in [0.1, 0.15) is 19.8 Å². The first-order valence-corrected chi connectivity index (χ1v) is 6.74. The van der Waals surface area contributed by atoms with Gasteiger partial charge in [0.05, 0.1) is 24.3 Å². The summed E-state index contributed by atoms with van der Waals surface area (Å²) < 4.78 is 30.1. The molecule has 7 heteroatoms. The van der Waals surface area contributed by atoms with Crippen LogP contribution in [0.15, 0.2) is 0 Å². The third-order valence-corrected chi connectivity index (χ3v) is 4.68. The Morgan fingerprint density at radius 3 is 2.62 bits per heavy atom. The standard InChI is InChI=1S/C9H17NO5S/c1-7-8(3-5-15-7)10(2)16(13,14)6-4-9(11)12/h7-8H,3-6H2,1-2H3,(H,11,12). The maximum atomic E-state index is 11.8. The van der Waals surface area contributed by atoms with E-state index in [-0.39, 0.29) is 24.3 Å². The molecule has 0 aliphatic carbocycles. The summed E-state index contributed by atoms with van der Waals surface area (Å²) in [4.78, 5) is 10.3. The first kappa shape index (κ1) is 13.4. The van der Waals surface area contributed by atoms with E-state index in [1.165, 1.54) is 11.4 Å². The highest BCUT2D eigenvalue weighted by molar-refractivity contribution is 7.89. The molecule has 0 saturated carbocycles. The van der Waals surface area contributed by atoms with Gasteiger partial charge in [-0.2, -0.15) is 4.31 Å². The predicted molar refractivity (Wildman–Crippen MR) is 57.6 cm³/mol. The number of carboxylic acid groups (broad SMARTS) is 1. The highest BCUT2D eigenvalue weighted by Gasteiger charge is 2.34. The predicted octanol–water partition coefficient (Wildman–Crippen LogP) is -0.0999. The number of aliphatic carboxylic acids is 1. The lowest BCUT2D eigenvalue weighted by Gasteiger charge is -2.25. The first-order valence-electron chi connectivity index (χ1n) is 5.13. The Hall–Kier alpha value is -0.660. The molecule has 1 heterocycles. The molecular formula is C9H17NO5S. The lowest BCUT2D eigenvalue weighted by atomic mass is 10.2. The molecule has 2 atom stereocenters. The average Bonchev–Trinajstić information content (AvgIpc) is 2.60. The van der Waals surface area contributed by atoms with Crippen LogP contribution in [0.3, 0.4) is 0 Å². The Morgan fingerprint density at radius 1 is 1.56 bits per heavy atom. The van der Waals surface area contributed by atoms with Gasteiger partial charge in [-0.3, -0.25) is 4.79 Å². The minimum atomic E-state index is -3.50. The normalized spacial score (nSPS) is 26.2. The fourth-order valence-corrected chi connectivity index (χ4v) is 3.17. The van der Waals surface area contributed by atoms with E-state index in [4.69, 9.17) is 9.84 Å². The molecule has 94 valence electrons. The summed E-state index contributed by atoms with van der Waals surface area (Å²) in [5.74, 6) is -1.46. The number of hydrogen-bond acceptors (Lipinski definition) is 4. The Kier molecular flexibility index (Phi) is 4.28. The minimum Gasteiger partial charge on any atom is -0.481 e. The zero-order chi connectivity index (χ0) is 12.3. The highest BCUT2D eigenvalue weighted by Crippen LogP contribution is 2.21. The second-order valence-corrected chi connectivity index (χ2v) is 6.06. The van der Waals surface area contributed by atoms with Gasteiger partial charge in [0, 0.05) is 13.7 Å². The van der Waals surface area contributed by atoms with Crippen molar-refractivity contribution < 1.29 is 23.1 Å². The van der Waals surface area contributed by atoms with Crippen molar-refractivity contribution in [2.75, 3.05) is 19.4 Å². The van der Waals surface area contributed by atoms with Crippen molar-refractivity contribution in [2.24, 2.45) is 0 Å². The lowest BCUT2D eigenvalue weighted by Crippen LogP contribution is -2.42. The molecule has 1 aliphatic heterocycles. The van der Waals surface area contributed by atoms with E-state index >= 15 is 0 Å². The van der Waals surface area contributed by atoms with E-state index in [9.17, 15) is 13.2 Å². The molecule has 0 radical (unpaired) electrons. The summed E-state index contributed by atoms with van der Waals surface area (Å²) >= 11 is 0. The largest absolute Gasteiger partial charge is 0.481 e. The summed E-state index contributed by atoms with van der Waals surface area (Å²) in [5.41, 5.74) is 0. The Bertz CT molecular complexity index is 353. The zero-order valence-electron chi connectivity index (χ0n) is 9.42. The SMILES string of the molecule is CC1OCCC1N(C)S(=O)(=O)CCC(=O)O. The number of hydrogen-bond donors (Lipinski definition) is 1. The van der Waals surface area contributed by atoms with Crippen molar-refractivity contribution in [2.45, 2.75) is 31.9 Å². The minimum absolute atomic E-state index is 0.135. The Morgan fingerprint density at radius 2 is 2.19 bits per heavy atom. The van der Waals surface area contributed by atoms with Crippen LogP contribution in [0, 0.1) is 0 Å². The molecule has 16 heavy (non-hydrogen) atoms. The highest BCUT2D eigenvalue weighted by atomic mass is 32.2. The number of carboxylic acids is 1. The number of sulfonamides is 1. The van der Waals surface area contributed by atoms with Crippen LogP contribution < -0.4 is 0 Å². The molecular weight excluding hydrogens is 234 g/mol. The molecule has 1 rings (SSSR count). The van der Waals surface area contributed by atoms with Crippen molar-refractivity contribution in [3.8, 4) is 0 Å². The van der Waals surface area contributed by atoms with Gasteiger partial charge < -0.3 is 9.84 Å². The number of nitrogens with zero attached hydrogens (tertiary/aromatic N) is 1. The molecule has 0 spiro atoms. The van der Waals surface area contributed by atoms with Gasteiger partial charge in [0.15, 0.2) is 0 Å². The van der Waals surface area contributed by atoms with Gasteiger partial charge in [-0.25, -0.2) is 8.42 Å². The van der Waals surface area contributed by atoms with Gasteiger partial charge in [0.25, 0.3) is 0 Å². The second-order valence-electron chi connectivity index (χ2n) is 3.91. The van der Waals surface area contributed by atoms with Gasteiger partial charge in [-0.15, -0.1) is 0 Å². The van der Waals surface area contributed by atoms with Crippen LogP contribution >= 0.6 is 0 Å². The third kappa shape index (κ3) is 3.16. The summed E-state index contributed by atoms with van der Waals surface area (Å²) in [6, 6.07) is -0.182. The second kappa shape index (κ2) is 5.11. The van der Waals surface area contributed by atoms with Crippen LogP contribution in [-0.4, -0.2) is 55.4 Å². The summed E-state index contributed by atoms with van der Waals surface area (Å²) in [6.45, 7) is 2.37. The van der Waals surface area contributed by atoms with E-state index in [0.717, 1.165) is 0 Å². The Labute approximate surface area is 95.2 Å². The third-order valence-electron chi connectivity index (χ3n) is 2.82. The van der Waals surface area contributed by atoms with Gasteiger partial charge in [-0.05, 0) is 13.3 Å². The van der Waals surface area contributed by atoms with Crippen LogP contribution in [0.25, 0.3) is 0 Å². The van der Waals surface area contributed by atoms with E-state index in [1.807, 2.05) is 6.92 Å². The molecule has 0 amide bonds. The quantitative estimate of drug-likeness (QED) is 0.737.